The van der Waals surface area contributed by atoms with Crippen molar-refractivity contribution in [3.63, 3.8) is 0 Å². The highest BCUT2D eigenvalue weighted by Crippen LogP contribution is 2.51. The zero-order chi connectivity index (χ0) is 16.7. The predicted octanol–water partition coefficient (Wildman–Crippen LogP) is 5.06. The van der Waals surface area contributed by atoms with Gasteiger partial charge in [0.1, 0.15) is 0 Å². The Balaban J connectivity index is 1.73. The summed E-state index contributed by atoms with van der Waals surface area (Å²) in [7, 11) is 0. The predicted molar refractivity (Wildman–Crippen MR) is 97.8 cm³/mol. The van der Waals surface area contributed by atoms with Gasteiger partial charge in [0, 0.05) is 16.5 Å². The zero-order valence-corrected chi connectivity index (χ0v) is 14.7. The second kappa shape index (κ2) is 6.10. The first-order valence-electron chi connectivity index (χ1n) is 8.47. The number of thiophene rings is 1. The number of allylic oxidation sites excluding steroid dienone is 2. The quantitative estimate of drug-likeness (QED) is 0.627. The average Bonchev–Trinajstić information content (AvgIpc) is 3.23. The van der Waals surface area contributed by atoms with Crippen LogP contribution >= 0.6 is 11.3 Å². The lowest BCUT2D eigenvalue weighted by Crippen LogP contribution is -2.29. The van der Waals surface area contributed by atoms with Crippen molar-refractivity contribution < 1.29 is 9.53 Å². The third-order valence-electron chi connectivity index (χ3n) is 5.06. The van der Waals surface area contributed by atoms with Crippen molar-refractivity contribution in [3.8, 4) is 0 Å². The zero-order valence-electron chi connectivity index (χ0n) is 13.9. The van der Waals surface area contributed by atoms with E-state index in [0.29, 0.717) is 30.0 Å². The highest BCUT2D eigenvalue weighted by atomic mass is 32.1. The van der Waals surface area contributed by atoms with Gasteiger partial charge in [-0.25, -0.2) is 4.79 Å². The number of nitrogens with one attached hydrogen (secondary N) is 1. The molecule has 124 valence electrons. The van der Waals surface area contributed by atoms with Crippen LogP contribution in [0.3, 0.4) is 0 Å². The van der Waals surface area contributed by atoms with Crippen LogP contribution < -0.4 is 5.32 Å². The van der Waals surface area contributed by atoms with E-state index in [1.54, 1.807) is 0 Å². The van der Waals surface area contributed by atoms with E-state index in [1.165, 1.54) is 16.0 Å². The number of aryl methyl sites for hydroxylation is 1. The lowest BCUT2D eigenvalue weighted by atomic mass is 9.78. The van der Waals surface area contributed by atoms with Crippen LogP contribution in [-0.2, 0) is 4.74 Å². The molecule has 1 aromatic heterocycles. The van der Waals surface area contributed by atoms with E-state index in [9.17, 15) is 4.79 Å². The van der Waals surface area contributed by atoms with Crippen LogP contribution in [0.15, 0.2) is 41.8 Å². The molecule has 0 radical (unpaired) electrons. The van der Waals surface area contributed by atoms with Gasteiger partial charge in [0.15, 0.2) is 0 Å². The third-order valence-corrected chi connectivity index (χ3v) is 6.16. The minimum absolute atomic E-state index is 0.241. The maximum Gasteiger partial charge on any atom is 0.338 e. The third kappa shape index (κ3) is 2.46. The molecule has 1 aromatic carbocycles. The summed E-state index contributed by atoms with van der Waals surface area (Å²) in [6, 6.07) is 8.43. The van der Waals surface area contributed by atoms with Crippen molar-refractivity contribution in [1.82, 2.24) is 0 Å². The molecule has 0 bridgehead atoms. The standard InChI is InChI=1S/C20H21NO2S/c1-3-23-20(22)13-7-8-17-16(11-13)14-5-4-6-15(14)18(21-17)19-12(2)9-10-24-19/h4-5,7-11,14-15,18,21H,3,6H2,1-2H3. The molecule has 0 saturated heterocycles. The fourth-order valence-corrected chi connectivity index (χ4v) is 4.95. The van der Waals surface area contributed by atoms with Crippen molar-refractivity contribution in [2.75, 3.05) is 11.9 Å². The minimum atomic E-state index is -0.241. The van der Waals surface area contributed by atoms with Crippen LogP contribution in [0.25, 0.3) is 0 Å². The number of ether oxygens (including phenoxy) is 1. The Morgan fingerprint density at radius 1 is 1.38 bits per heavy atom. The molecule has 3 unspecified atom stereocenters. The Hall–Kier alpha value is -2.07. The Kier molecular flexibility index (Phi) is 3.93. The van der Waals surface area contributed by atoms with E-state index in [0.717, 1.165) is 12.1 Å². The van der Waals surface area contributed by atoms with Crippen molar-refractivity contribution in [3.05, 3.63) is 63.4 Å². The van der Waals surface area contributed by atoms with E-state index in [-0.39, 0.29) is 5.97 Å². The second-order valence-corrected chi connectivity index (χ2v) is 7.41. The van der Waals surface area contributed by atoms with Gasteiger partial charge in [0.2, 0.25) is 0 Å². The average molecular weight is 339 g/mol. The Bertz CT molecular complexity index is 808. The molecule has 2 aromatic rings. The Morgan fingerprint density at radius 2 is 2.25 bits per heavy atom. The van der Waals surface area contributed by atoms with Crippen LogP contribution in [0.4, 0.5) is 5.69 Å². The summed E-state index contributed by atoms with van der Waals surface area (Å²) in [6.07, 6.45) is 5.65. The highest BCUT2D eigenvalue weighted by molar-refractivity contribution is 7.10. The number of carbonyl (C=O) groups is 1. The van der Waals surface area contributed by atoms with Gasteiger partial charge in [-0.3, -0.25) is 0 Å². The normalized spacial score (nSPS) is 24.2. The van der Waals surface area contributed by atoms with Gasteiger partial charge >= 0.3 is 5.97 Å². The molecule has 0 fully saturated rings. The van der Waals surface area contributed by atoms with Crippen LogP contribution in [0.2, 0.25) is 0 Å². The molecule has 24 heavy (non-hydrogen) atoms. The summed E-state index contributed by atoms with van der Waals surface area (Å²) in [5, 5.41) is 5.90. The second-order valence-electron chi connectivity index (χ2n) is 6.47. The number of carbonyl (C=O) groups excluding carboxylic acids is 1. The number of esters is 1. The summed E-state index contributed by atoms with van der Waals surface area (Å²) >= 11 is 1.83. The van der Waals surface area contributed by atoms with Gasteiger partial charge in [0.25, 0.3) is 0 Å². The number of hydrogen-bond acceptors (Lipinski definition) is 4. The lowest BCUT2D eigenvalue weighted by molar-refractivity contribution is 0.0526. The molecule has 3 nitrogen and oxygen atoms in total. The SMILES string of the molecule is CCOC(=O)c1ccc2c(c1)C1C=CCC1C(c1sccc1C)N2. The number of rotatable bonds is 3. The first-order valence-corrected chi connectivity index (χ1v) is 9.35. The van der Waals surface area contributed by atoms with E-state index in [2.05, 4.69) is 35.8 Å². The van der Waals surface area contributed by atoms with Gasteiger partial charge in [-0.1, -0.05) is 12.2 Å². The molecule has 2 heterocycles. The maximum atomic E-state index is 12.1. The number of anilines is 1. The summed E-state index contributed by atoms with van der Waals surface area (Å²) in [4.78, 5) is 13.5. The van der Waals surface area contributed by atoms with Crippen LogP contribution in [0.5, 0.6) is 0 Å². The number of fused-ring (bicyclic) bond motifs is 3. The van der Waals surface area contributed by atoms with Crippen molar-refractivity contribution in [1.29, 1.82) is 0 Å². The van der Waals surface area contributed by atoms with Gasteiger partial charge in [-0.05, 0) is 67.0 Å². The van der Waals surface area contributed by atoms with Gasteiger partial charge in [-0.15, -0.1) is 11.3 Å². The van der Waals surface area contributed by atoms with Gasteiger partial charge < -0.3 is 10.1 Å². The van der Waals surface area contributed by atoms with Crippen LogP contribution in [0, 0.1) is 12.8 Å². The number of benzene rings is 1. The molecule has 4 heteroatoms. The molecule has 3 atom stereocenters. The fourth-order valence-electron chi connectivity index (χ4n) is 3.90. The summed E-state index contributed by atoms with van der Waals surface area (Å²) in [5.74, 6) is 0.629. The first kappa shape index (κ1) is 15.5. The molecule has 0 amide bonds. The molecule has 1 aliphatic carbocycles. The van der Waals surface area contributed by atoms with Gasteiger partial charge in [-0.2, -0.15) is 0 Å². The summed E-state index contributed by atoms with van der Waals surface area (Å²) < 4.78 is 5.15. The van der Waals surface area contributed by atoms with E-state index < -0.39 is 0 Å². The Morgan fingerprint density at radius 3 is 3.00 bits per heavy atom. The molecule has 1 N–H and O–H groups in total. The summed E-state index contributed by atoms with van der Waals surface area (Å²) in [6.45, 7) is 4.42. The van der Waals surface area contributed by atoms with Crippen LogP contribution in [-0.4, -0.2) is 12.6 Å². The highest BCUT2D eigenvalue weighted by Gasteiger charge is 2.39. The van der Waals surface area contributed by atoms with Crippen molar-refractivity contribution >= 4 is 23.0 Å². The molecular weight excluding hydrogens is 318 g/mol. The first-order chi connectivity index (χ1) is 11.7. The molecule has 4 rings (SSSR count). The minimum Gasteiger partial charge on any atom is -0.462 e. The van der Waals surface area contributed by atoms with E-state index >= 15 is 0 Å². The van der Waals surface area contributed by atoms with Crippen molar-refractivity contribution in [2.24, 2.45) is 5.92 Å². The van der Waals surface area contributed by atoms with E-state index in [4.69, 9.17) is 4.74 Å². The topological polar surface area (TPSA) is 38.3 Å². The molecule has 0 saturated carbocycles. The maximum absolute atomic E-state index is 12.1. The molecule has 2 aliphatic rings. The monoisotopic (exact) mass is 339 g/mol. The van der Waals surface area contributed by atoms with Crippen molar-refractivity contribution in [2.45, 2.75) is 32.2 Å². The molecule has 0 spiro atoms. The Labute approximate surface area is 146 Å². The smallest absolute Gasteiger partial charge is 0.338 e. The fraction of sp³-hybridized carbons (Fsp3) is 0.350. The molecular formula is C20H21NO2S. The molecule has 1 aliphatic heterocycles. The largest absolute Gasteiger partial charge is 0.462 e. The van der Waals surface area contributed by atoms with E-state index in [1.807, 2.05) is 36.5 Å². The van der Waals surface area contributed by atoms with Gasteiger partial charge in [0.05, 0.1) is 18.2 Å². The number of hydrogen-bond donors (Lipinski definition) is 1. The lowest BCUT2D eigenvalue weighted by Gasteiger charge is -2.37. The summed E-state index contributed by atoms with van der Waals surface area (Å²) in [5.41, 5.74) is 4.34. The van der Waals surface area contributed by atoms with Crippen LogP contribution in [0.1, 0.15) is 51.7 Å².